The lowest BCUT2D eigenvalue weighted by molar-refractivity contribution is -0.571. The number of para-hydroxylation sites is 1. The number of pyridine rings is 1. The van der Waals surface area contributed by atoms with Gasteiger partial charge in [0.2, 0.25) is 46.8 Å². The van der Waals surface area contributed by atoms with Gasteiger partial charge < -0.3 is 59.2 Å². The molecule has 32 atom stereocenters. The predicted molar refractivity (Wildman–Crippen MR) is 460 cm³/mol. The zero-order valence-corrected chi connectivity index (χ0v) is 75.6. The predicted octanol–water partition coefficient (Wildman–Crippen LogP) is 18.7. The summed E-state index contributed by atoms with van der Waals surface area (Å²) in [6.45, 7) is 28.4. The third kappa shape index (κ3) is 18.3. The number of amides is 4. The van der Waals surface area contributed by atoms with E-state index in [9.17, 15) is 32.3 Å². The SMILES string of the molecule is C.C[C@H]1[C@@H](CCC(=O)NCc2ccccc2F)O[C@@H]2O[C@]3(C)CC[C@H]4[C@H](C)CC[C@@H]1[C@@]24OO3.C[C@H]1[C@@H](CCC(=O)Nc2cccc(F)c2)O[C@@H]2O[C@]3(C)CC[C@H]4[C@H](C)CC[C@@H]1[C@@]24OO3.C[C@H]1[C@@H](CCC(=O)Nc2ccccc2F)O[C@@H]2O[C@]3(C)CC[C@H]4[C@H](C)CC[C@@H]1[C@@]24OO3.Cc1cc(CNC(=O)CC[C@H]2O[C@@H]3O[C@]4(C)CC[C@H]5[C@H](C)CC[C@@H]([C@H]2C)[C@@]35OO4)ccn1. The molecule has 25 nitrogen and oxygen atoms in total. The molecule has 16 aliphatic heterocycles. The Hall–Kier alpha value is -6.16. The van der Waals surface area contributed by atoms with Crippen molar-refractivity contribution in [2.24, 2.45) is 94.7 Å². The highest BCUT2D eigenvalue weighted by atomic mass is 19.1. The molecule has 4 N–H and O–H groups in total. The van der Waals surface area contributed by atoms with E-state index in [0.29, 0.717) is 116 Å². The summed E-state index contributed by atoms with van der Waals surface area (Å²) in [5.41, 5.74) is 0.901. The van der Waals surface area contributed by atoms with Gasteiger partial charge in [0.05, 0.1) is 30.1 Å². The number of carbonyl (C=O) groups excluding carboxylic acids is 4. The van der Waals surface area contributed by atoms with Crippen LogP contribution in [0.5, 0.6) is 0 Å². The summed E-state index contributed by atoms with van der Waals surface area (Å²) in [4.78, 5) is 102. The van der Waals surface area contributed by atoms with E-state index in [1.165, 1.54) is 30.7 Å². The maximum absolute atomic E-state index is 13.8. The Kier molecular flexibility index (Phi) is 27.9. The Morgan fingerprint density at radius 2 is 0.740 bits per heavy atom. The molecule has 4 aromatic rings. The van der Waals surface area contributed by atoms with Crippen molar-refractivity contribution in [1.29, 1.82) is 0 Å². The average Bonchev–Trinajstić information content (AvgIpc) is 1.68. The average molecular weight is 1780 g/mol. The van der Waals surface area contributed by atoms with Crippen molar-refractivity contribution in [1.82, 2.24) is 15.6 Å². The van der Waals surface area contributed by atoms with Crippen LogP contribution in [0.2, 0.25) is 0 Å². The number of nitrogens with zero attached hydrogens (tertiary/aromatic N) is 1. The topological polar surface area (TPSA) is 277 Å². The maximum atomic E-state index is 13.8. The minimum absolute atomic E-state index is 0. The second kappa shape index (κ2) is 37.7. The summed E-state index contributed by atoms with van der Waals surface area (Å²) >= 11 is 0. The smallest absolute Gasteiger partial charge is 0.224 e. The van der Waals surface area contributed by atoms with Crippen molar-refractivity contribution in [3.8, 4) is 0 Å². The molecule has 24 rings (SSSR count). The molecule has 4 spiro atoms. The third-order valence-electron chi connectivity index (χ3n) is 32.9. The fourth-order valence-electron chi connectivity index (χ4n) is 25.8. The molecular formula is C99H138F3N5O20. The minimum atomic E-state index is -0.801. The van der Waals surface area contributed by atoms with Crippen LogP contribution in [0.4, 0.5) is 24.5 Å². The summed E-state index contributed by atoms with van der Waals surface area (Å²) in [5, 5.41) is 11.3. The van der Waals surface area contributed by atoms with Crippen molar-refractivity contribution in [3.05, 3.63) is 125 Å². The molecule has 0 radical (unpaired) electrons. The van der Waals surface area contributed by atoms with Crippen molar-refractivity contribution in [2.45, 2.75) is 360 Å². The second-order valence-electron chi connectivity index (χ2n) is 41.0. The van der Waals surface area contributed by atoms with Crippen LogP contribution in [-0.4, -0.2) is 124 Å². The molecular weight excluding hydrogens is 1640 g/mol. The summed E-state index contributed by atoms with van der Waals surface area (Å²) in [7, 11) is 0. The summed E-state index contributed by atoms with van der Waals surface area (Å²) < 4.78 is 92.6. The standard InChI is InChI=1S/C25H34FNO5.C25H36N2O5.2C24H32FNO5.CH4/c1-15-8-9-19-16(2)21(10-11-22(28)27-14-17-6-4-5-7-20(17)26)29-23-25(19)18(15)12-13-24(3,30-23)31-32-25;1-15-5-6-20-17(3)21(7-8-22(28)27-14-18-10-12-26-16(2)13-18)29-23-25(20)19(15)9-11-24(4,30-23)31-32-25;1-14-7-8-19-15(2)20(9-10-21(27)26-17-6-4-5-16(25)13-17)28-22-24(19)18(14)11-12-23(3,29-22)30-31-24;1-14-8-9-17-15(2)20(10-11-21(27)26-19-7-5-4-6-18(19)25)28-22-24(17)16(14)12-13-23(3,29-22)30-31-24;/h4-7,15-16,18-19,21,23H,8-14H2,1-3H3,(H,27,28);10,12-13,15,17,19-21,23H,5-9,11,14H2,1-4H3,(H,27,28);4-6,13-15,18-20,22H,7-12H2,1-3H3,(H,26,27);4-7,14-17,20,22H,8-13H2,1-3H3,(H,26,27);1H4/t15-,16-,18+,19+,21-,23-,24+,25-;15-,17-,19+,20+,21-,23-,24+,25-;14-,15-,18+,19+,20-,22-,23+,24-;14-,15-,16+,17+,20-,22-,23+,24-;/m1111./s1. The van der Waals surface area contributed by atoms with Gasteiger partial charge in [0.1, 0.15) is 17.5 Å². The van der Waals surface area contributed by atoms with Gasteiger partial charge in [0.15, 0.2) is 47.6 Å². The number of hydrogen-bond acceptors (Lipinski definition) is 21. The number of fused-ring (bicyclic) bond motifs is 8. The monoisotopic (exact) mass is 1770 g/mol. The first-order chi connectivity index (χ1) is 60.3. The molecule has 700 valence electrons. The molecule has 28 heteroatoms. The van der Waals surface area contributed by atoms with Crippen LogP contribution >= 0.6 is 0 Å². The largest absolute Gasteiger partial charge is 0.352 e. The first-order valence-electron chi connectivity index (χ1n) is 47.3. The zero-order chi connectivity index (χ0) is 88.6. The number of ether oxygens (including phenoxy) is 8. The van der Waals surface area contributed by atoms with Gasteiger partial charge >= 0.3 is 0 Å². The molecule has 4 saturated carbocycles. The Morgan fingerprint density at radius 1 is 0.386 bits per heavy atom. The number of benzene rings is 3. The van der Waals surface area contributed by atoms with Crippen molar-refractivity contribution in [2.75, 3.05) is 10.6 Å². The van der Waals surface area contributed by atoms with E-state index in [1.807, 2.05) is 46.8 Å². The first-order valence-corrected chi connectivity index (χ1v) is 47.3. The van der Waals surface area contributed by atoms with Crippen LogP contribution in [-0.2, 0) is 109 Å². The number of aryl methyl sites for hydroxylation is 1. The van der Waals surface area contributed by atoms with Crippen LogP contribution in [0.15, 0.2) is 91.1 Å². The summed E-state index contributed by atoms with van der Waals surface area (Å²) in [5.74, 6) is 0.763. The molecule has 4 amide bonds. The van der Waals surface area contributed by atoms with Crippen LogP contribution in [0.25, 0.3) is 0 Å². The Morgan fingerprint density at radius 3 is 1.11 bits per heavy atom. The van der Waals surface area contributed by atoms with Crippen LogP contribution < -0.4 is 21.3 Å². The molecule has 0 unspecified atom stereocenters. The lowest BCUT2D eigenvalue weighted by Crippen LogP contribution is -2.70. The number of hydrogen-bond donors (Lipinski definition) is 4. The van der Waals surface area contributed by atoms with Gasteiger partial charge in [-0.1, -0.05) is 99.2 Å². The van der Waals surface area contributed by atoms with Crippen molar-refractivity contribution < 1.29 is 109 Å². The number of nitrogens with one attached hydrogen (secondary N) is 4. The second-order valence-corrected chi connectivity index (χ2v) is 41.0. The Labute approximate surface area is 746 Å². The van der Waals surface area contributed by atoms with Crippen LogP contribution in [0.3, 0.4) is 0 Å². The molecule has 8 bridgehead atoms. The molecule has 20 aliphatic rings. The van der Waals surface area contributed by atoms with Gasteiger partial charge in [-0.2, -0.15) is 0 Å². The number of aromatic nitrogens is 1. The lowest BCUT2D eigenvalue weighted by atomic mass is 9.57. The van der Waals surface area contributed by atoms with E-state index >= 15 is 0 Å². The maximum Gasteiger partial charge on any atom is 0.224 e. The Bertz CT molecular complexity index is 4540. The van der Waals surface area contributed by atoms with E-state index in [0.717, 1.165) is 108 Å². The summed E-state index contributed by atoms with van der Waals surface area (Å²) in [6, 6.07) is 22.6. The van der Waals surface area contributed by atoms with E-state index in [2.05, 4.69) is 81.6 Å². The highest BCUT2D eigenvalue weighted by Gasteiger charge is 2.74. The zero-order valence-electron chi connectivity index (χ0n) is 75.6. The Balaban J connectivity index is 0.000000124. The van der Waals surface area contributed by atoms with E-state index in [4.69, 9.17) is 77.0 Å². The lowest BCUT2D eigenvalue weighted by Gasteiger charge is -2.60. The first kappa shape index (κ1) is 94.1. The van der Waals surface area contributed by atoms with Gasteiger partial charge in [-0.05, 0) is 262 Å². The van der Waals surface area contributed by atoms with Crippen LogP contribution in [0, 0.1) is 119 Å². The molecule has 1 aromatic heterocycles. The van der Waals surface area contributed by atoms with E-state index < -0.39 is 76.5 Å². The van der Waals surface area contributed by atoms with Gasteiger partial charge in [0.25, 0.3) is 0 Å². The van der Waals surface area contributed by atoms with Gasteiger partial charge in [-0.3, -0.25) is 24.2 Å². The normalized spacial score (nSPS) is 42.9. The molecule has 20 fully saturated rings. The molecule has 4 aliphatic carbocycles. The highest BCUT2D eigenvalue weighted by Crippen LogP contribution is 2.66. The quantitative estimate of drug-likeness (QED) is 0.0674. The van der Waals surface area contributed by atoms with Gasteiger partial charge in [0, 0.05) is 111 Å². The van der Waals surface area contributed by atoms with Gasteiger partial charge in [-0.25, -0.2) is 52.3 Å². The molecule has 3 aromatic carbocycles. The fourth-order valence-corrected chi connectivity index (χ4v) is 25.8. The van der Waals surface area contributed by atoms with Crippen molar-refractivity contribution >= 4 is 35.0 Å². The minimum Gasteiger partial charge on any atom is -0.352 e. The molecule has 127 heavy (non-hydrogen) atoms. The fraction of sp³-hybridized carbons (Fsp3) is 0.727. The third-order valence-corrected chi connectivity index (χ3v) is 32.9. The molecule has 17 heterocycles. The van der Waals surface area contributed by atoms with Crippen molar-refractivity contribution in [3.63, 3.8) is 0 Å². The summed E-state index contributed by atoms with van der Waals surface area (Å²) in [6.07, 6.45) is 19.2. The number of rotatable bonds is 18. The number of anilines is 2. The van der Waals surface area contributed by atoms with E-state index in [1.54, 1.807) is 54.7 Å². The number of halogens is 3. The van der Waals surface area contributed by atoms with Gasteiger partial charge in [-0.15, -0.1) is 0 Å². The number of carbonyl (C=O) groups is 4. The molecule has 16 saturated heterocycles. The highest BCUT2D eigenvalue weighted by molar-refractivity contribution is 5.91. The van der Waals surface area contributed by atoms with Crippen LogP contribution in [0.1, 0.15) is 261 Å². The van der Waals surface area contributed by atoms with E-state index in [-0.39, 0.29) is 127 Å².